The second-order valence-corrected chi connectivity index (χ2v) is 6.16. The normalized spacial score (nSPS) is 18.3. The lowest BCUT2D eigenvalue weighted by atomic mass is 10.3. The minimum Gasteiger partial charge on any atom is -0.243 e. The molecule has 0 aromatic heterocycles. The third-order valence-corrected chi connectivity index (χ3v) is 4.76. The van der Waals surface area contributed by atoms with Crippen LogP contribution in [0.5, 0.6) is 0 Å². The molecule has 0 fully saturated rings. The molecule has 0 unspecified atom stereocenters. The molecule has 1 heterocycles. The molecule has 1 aliphatic heterocycles. The monoisotopic (exact) mass is 308 g/mol. The molecule has 1 aliphatic rings. The maximum atomic E-state index is 11.9. The number of hydrogen-bond donors (Lipinski definition) is 0. The van der Waals surface area contributed by atoms with E-state index >= 15 is 0 Å². The Bertz CT molecular complexity index is 556. The van der Waals surface area contributed by atoms with Crippen molar-refractivity contribution in [1.82, 2.24) is 4.31 Å². The average molecular weight is 310 g/mol. The van der Waals surface area contributed by atoms with Gasteiger partial charge in [0, 0.05) is 11.5 Å². The molecule has 7 heteroatoms. The van der Waals surface area contributed by atoms with E-state index in [0.717, 1.165) is 8.78 Å². The largest absolute Gasteiger partial charge is 0.268 e. The molecule has 0 radical (unpaired) electrons. The number of nitrogens with zero attached hydrogens (tertiary/aromatic N) is 2. The Labute approximate surface area is 101 Å². The van der Waals surface area contributed by atoms with Gasteiger partial charge >= 0.3 is 0 Å². The Morgan fingerprint density at radius 1 is 1.47 bits per heavy atom. The summed E-state index contributed by atoms with van der Waals surface area (Å²) in [4.78, 5) is 4.15. The molecule has 0 aliphatic carbocycles. The first kappa shape index (κ1) is 10.9. The van der Waals surface area contributed by atoms with E-state index in [0.29, 0.717) is 5.69 Å². The molecule has 0 bridgehead atoms. The summed E-state index contributed by atoms with van der Waals surface area (Å²) in [7, 11) is -2.17. The molecule has 1 aromatic rings. The zero-order valence-electron chi connectivity index (χ0n) is 7.61. The van der Waals surface area contributed by atoms with E-state index in [1.807, 2.05) is 0 Å². The molecular formula is C8H6BrClN2O2S. The van der Waals surface area contributed by atoms with Gasteiger partial charge in [-0.25, -0.2) is 17.7 Å². The van der Waals surface area contributed by atoms with Crippen LogP contribution in [-0.4, -0.2) is 25.1 Å². The molecule has 0 saturated heterocycles. The van der Waals surface area contributed by atoms with Crippen LogP contribution in [0.3, 0.4) is 0 Å². The number of hydrogen-bond acceptors (Lipinski definition) is 3. The van der Waals surface area contributed by atoms with Crippen molar-refractivity contribution in [2.45, 2.75) is 4.90 Å². The molecule has 0 spiro atoms. The van der Waals surface area contributed by atoms with Crippen molar-refractivity contribution < 1.29 is 8.42 Å². The Balaban J connectivity index is 2.78. The summed E-state index contributed by atoms with van der Waals surface area (Å²) in [6, 6.07) is 4.76. The van der Waals surface area contributed by atoms with Gasteiger partial charge in [-0.15, -0.1) is 0 Å². The summed E-state index contributed by atoms with van der Waals surface area (Å²) < 4.78 is 25.4. The SMILES string of the molecule is CN1C(Cl)=Nc2cc(Br)ccc2S1(=O)=O. The Morgan fingerprint density at radius 3 is 2.80 bits per heavy atom. The van der Waals surface area contributed by atoms with Gasteiger partial charge < -0.3 is 0 Å². The molecule has 0 atom stereocenters. The molecule has 2 rings (SSSR count). The predicted octanol–water partition coefficient (Wildman–Crippen LogP) is 2.31. The van der Waals surface area contributed by atoms with Crippen molar-refractivity contribution in [2.24, 2.45) is 4.99 Å². The second-order valence-electron chi connectivity index (χ2n) is 2.97. The van der Waals surface area contributed by atoms with Crippen molar-refractivity contribution in [1.29, 1.82) is 0 Å². The van der Waals surface area contributed by atoms with Gasteiger partial charge in [0.1, 0.15) is 4.90 Å². The summed E-state index contributed by atoms with van der Waals surface area (Å²) in [5, 5.41) is -0.0550. The molecule has 0 amide bonds. The average Bonchev–Trinajstić information content (AvgIpc) is 2.14. The highest BCUT2D eigenvalue weighted by atomic mass is 79.9. The highest BCUT2D eigenvalue weighted by molar-refractivity contribution is 9.10. The lowest BCUT2D eigenvalue weighted by Gasteiger charge is -2.22. The highest BCUT2D eigenvalue weighted by Crippen LogP contribution is 2.34. The maximum Gasteiger partial charge on any atom is 0.268 e. The number of rotatable bonds is 0. The molecule has 1 aromatic carbocycles. The van der Waals surface area contributed by atoms with Crippen molar-refractivity contribution in [3.63, 3.8) is 0 Å². The molecule has 4 nitrogen and oxygen atoms in total. The highest BCUT2D eigenvalue weighted by Gasteiger charge is 2.30. The van der Waals surface area contributed by atoms with Crippen LogP contribution in [0.25, 0.3) is 0 Å². The van der Waals surface area contributed by atoms with Gasteiger partial charge in [0.25, 0.3) is 10.0 Å². The molecule has 15 heavy (non-hydrogen) atoms. The number of sulfonamides is 1. The van der Waals surface area contributed by atoms with Gasteiger partial charge in [-0.1, -0.05) is 15.9 Å². The van der Waals surface area contributed by atoms with Crippen LogP contribution in [0.15, 0.2) is 32.6 Å². The number of aliphatic imine (C=N–C) groups is 1. The van der Waals surface area contributed by atoms with E-state index < -0.39 is 10.0 Å². The van der Waals surface area contributed by atoms with Gasteiger partial charge in [0.15, 0.2) is 0 Å². The smallest absolute Gasteiger partial charge is 0.243 e. The fraction of sp³-hybridized carbons (Fsp3) is 0.125. The van der Waals surface area contributed by atoms with Gasteiger partial charge in [0.2, 0.25) is 5.29 Å². The lowest BCUT2D eigenvalue weighted by Crippen LogP contribution is -2.32. The summed E-state index contributed by atoms with van der Waals surface area (Å²) >= 11 is 8.96. The summed E-state index contributed by atoms with van der Waals surface area (Å²) in [6.07, 6.45) is 0. The zero-order valence-corrected chi connectivity index (χ0v) is 10.8. The van der Waals surface area contributed by atoms with Crippen LogP contribution >= 0.6 is 27.5 Å². The van der Waals surface area contributed by atoms with Crippen molar-refractivity contribution >= 4 is 48.5 Å². The van der Waals surface area contributed by atoms with Gasteiger partial charge in [-0.2, -0.15) is 0 Å². The van der Waals surface area contributed by atoms with E-state index in [9.17, 15) is 8.42 Å². The Kier molecular flexibility index (Phi) is 2.52. The van der Waals surface area contributed by atoms with Crippen LogP contribution in [0.1, 0.15) is 0 Å². The van der Waals surface area contributed by atoms with Crippen LogP contribution in [0.2, 0.25) is 0 Å². The molecular weight excluding hydrogens is 304 g/mol. The Morgan fingerprint density at radius 2 is 2.13 bits per heavy atom. The van der Waals surface area contributed by atoms with Crippen LogP contribution < -0.4 is 0 Å². The molecule has 0 saturated carbocycles. The number of fused-ring (bicyclic) bond motifs is 1. The topological polar surface area (TPSA) is 49.7 Å². The summed E-state index contributed by atoms with van der Waals surface area (Å²) in [5.41, 5.74) is 0.354. The first-order chi connectivity index (χ1) is 6.93. The fourth-order valence-electron chi connectivity index (χ4n) is 1.21. The maximum absolute atomic E-state index is 11.9. The second kappa shape index (κ2) is 3.47. The predicted molar refractivity (Wildman–Crippen MR) is 62.0 cm³/mol. The number of benzene rings is 1. The van der Waals surface area contributed by atoms with Crippen LogP contribution in [-0.2, 0) is 10.0 Å². The van der Waals surface area contributed by atoms with Crippen molar-refractivity contribution in [2.75, 3.05) is 7.05 Å². The van der Waals surface area contributed by atoms with Crippen LogP contribution in [0, 0.1) is 0 Å². The van der Waals surface area contributed by atoms with Crippen molar-refractivity contribution in [3.05, 3.63) is 22.7 Å². The number of amidine groups is 1. The summed E-state index contributed by atoms with van der Waals surface area (Å²) in [5.74, 6) is 0. The minimum atomic E-state index is -3.54. The molecule has 0 N–H and O–H groups in total. The van der Waals surface area contributed by atoms with E-state index in [4.69, 9.17) is 11.6 Å². The third-order valence-electron chi connectivity index (χ3n) is 2.03. The fourth-order valence-corrected chi connectivity index (χ4v) is 3.07. The Hall–Kier alpha value is -0.590. The first-order valence-corrected chi connectivity index (χ1v) is 6.57. The van der Waals surface area contributed by atoms with Gasteiger partial charge in [-0.3, -0.25) is 0 Å². The van der Waals surface area contributed by atoms with E-state index in [1.54, 1.807) is 12.1 Å². The quantitative estimate of drug-likeness (QED) is 0.691. The van der Waals surface area contributed by atoms with E-state index in [-0.39, 0.29) is 10.2 Å². The zero-order chi connectivity index (χ0) is 11.2. The van der Waals surface area contributed by atoms with E-state index in [2.05, 4.69) is 20.9 Å². The van der Waals surface area contributed by atoms with Crippen molar-refractivity contribution in [3.8, 4) is 0 Å². The summed E-state index contributed by atoms with van der Waals surface area (Å²) in [6.45, 7) is 0. The lowest BCUT2D eigenvalue weighted by molar-refractivity contribution is 0.552. The molecule has 80 valence electrons. The van der Waals surface area contributed by atoms with Gasteiger partial charge in [-0.05, 0) is 29.8 Å². The first-order valence-electron chi connectivity index (χ1n) is 3.95. The van der Waals surface area contributed by atoms with Crippen LogP contribution in [0.4, 0.5) is 5.69 Å². The minimum absolute atomic E-state index is 0.0550. The number of halogens is 2. The third kappa shape index (κ3) is 1.66. The standard InChI is InChI=1S/C8H6BrClN2O2S/c1-12-8(10)11-6-4-5(9)2-3-7(6)15(12,13)14/h2-4H,1H3. The van der Waals surface area contributed by atoms with E-state index in [1.165, 1.54) is 13.1 Å². The van der Waals surface area contributed by atoms with Gasteiger partial charge in [0.05, 0.1) is 5.69 Å².